The second-order valence-electron chi connectivity index (χ2n) is 4.18. The van der Waals surface area contributed by atoms with Crippen LogP contribution < -0.4 is 5.32 Å². The van der Waals surface area contributed by atoms with Crippen molar-refractivity contribution in [3.8, 4) is 0 Å². The summed E-state index contributed by atoms with van der Waals surface area (Å²) in [4.78, 5) is 29.5. The minimum absolute atomic E-state index is 0.174. The van der Waals surface area contributed by atoms with Crippen LogP contribution in [0.1, 0.15) is 18.5 Å². The van der Waals surface area contributed by atoms with Crippen LogP contribution >= 0.6 is 0 Å². The largest absolute Gasteiger partial charge is 0.480 e. The third kappa shape index (κ3) is 3.07. The van der Waals surface area contributed by atoms with Crippen LogP contribution in [0, 0.1) is 0 Å². The highest BCUT2D eigenvalue weighted by atomic mass is 16.5. The molecule has 7 heteroatoms. The summed E-state index contributed by atoms with van der Waals surface area (Å²) < 4.78 is 5.21. The van der Waals surface area contributed by atoms with E-state index in [4.69, 9.17) is 9.84 Å². The van der Waals surface area contributed by atoms with Crippen molar-refractivity contribution in [2.45, 2.75) is 31.4 Å². The summed E-state index contributed by atoms with van der Waals surface area (Å²) in [6.45, 7) is 0.552. The topological polar surface area (TPSA) is 104 Å². The molecule has 0 saturated carbocycles. The summed E-state index contributed by atoms with van der Waals surface area (Å²) in [5.74, 6) is -1.43. The van der Waals surface area contributed by atoms with Crippen molar-refractivity contribution >= 4 is 11.9 Å². The number of aliphatic carboxylic acids is 1. The molecule has 98 valence electrons. The molecule has 0 aromatic carbocycles. The number of hydrogen-bond acceptors (Lipinski definition) is 4. The van der Waals surface area contributed by atoms with E-state index >= 15 is 0 Å². The summed E-state index contributed by atoms with van der Waals surface area (Å²) in [5.41, 5.74) is 0.662. The van der Waals surface area contributed by atoms with Crippen molar-refractivity contribution in [2.75, 3.05) is 6.61 Å². The number of carbonyl (C=O) groups excluding carboxylic acids is 1. The molecule has 1 saturated heterocycles. The van der Waals surface area contributed by atoms with Crippen molar-refractivity contribution in [3.63, 3.8) is 0 Å². The Morgan fingerprint density at radius 1 is 1.67 bits per heavy atom. The number of aromatic nitrogens is 2. The molecule has 1 unspecified atom stereocenters. The Morgan fingerprint density at radius 3 is 3.06 bits per heavy atom. The summed E-state index contributed by atoms with van der Waals surface area (Å²) in [6.07, 6.45) is 4.13. The van der Waals surface area contributed by atoms with Crippen LogP contribution in [0.3, 0.4) is 0 Å². The summed E-state index contributed by atoms with van der Waals surface area (Å²) in [7, 11) is 0. The van der Waals surface area contributed by atoms with Gasteiger partial charge in [0, 0.05) is 24.9 Å². The van der Waals surface area contributed by atoms with Gasteiger partial charge in [0.25, 0.3) is 0 Å². The molecule has 2 rings (SSSR count). The molecule has 1 aliphatic heterocycles. The van der Waals surface area contributed by atoms with E-state index in [-0.39, 0.29) is 12.3 Å². The first kappa shape index (κ1) is 12.6. The molecule has 3 N–H and O–H groups in total. The van der Waals surface area contributed by atoms with Gasteiger partial charge in [-0.05, 0) is 12.8 Å². The van der Waals surface area contributed by atoms with Gasteiger partial charge in [0.1, 0.15) is 12.1 Å². The standard InChI is InChI=1S/C11H15N3O4/c15-10(9-2-1-3-18-9)14-8(11(16)17)4-7-5-12-6-13-7/h5-6,8-9H,1-4H2,(H,12,13)(H,14,15)(H,16,17)/t8-,9?/m0/s1. The van der Waals surface area contributed by atoms with Gasteiger partial charge in [0.05, 0.1) is 6.33 Å². The summed E-state index contributed by atoms with van der Waals surface area (Å²) >= 11 is 0. The minimum Gasteiger partial charge on any atom is -0.480 e. The van der Waals surface area contributed by atoms with Gasteiger partial charge in [-0.2, -0.15) is 0 Å². The van der Waals surface area contributed by atoms with Gasteiger partial charge in [-0.3, -0.25) is 4.79 Å². The number of nitrogens with zero attached hydrogens (tertiary/aromatic N) is 1. The number of imidazole rings is 1. The molecule has 0 radical (unpaired) electrons. The van der Waals surface area contributed by atoms with Crippen LogP contribution in [-0.4, -0.2) is 45.7 Å². The molecule has 0 bridgehead atoms. The first-order chi connectivity index (χ1) is 8.66. The Bertz CT molecular complexity index is 412. The maximum absolute atomic E-state index is 11.8. The number of amides is 1. The Morgan fingerprint density at radius 2 is 2.50 bits per heavy atom. The highest BCUT2D eigenvalue weighted by Crippen LogP contribution is 2.12. The van der Waals surface area contributed by atoms with E-state index in [1.165, 1.54) is 12.5 Å². The molecule has 1 aromatic heterocycles. The maximum atomic E-state index is 11.8. The lowest BCUT2D eigenvalue weighted by molar-refractivity contribution is -0.143. The van der Waals surface area contributed by atoms with E-state index in [1.807, 2.05) is 0 Å². The number of rotatable bonds is 5. The number of nitrogens with one attached hydrogen (secondary N) is 2. The zero-order valence-corrected chi connectivity index (χ0v) is 9.76. The van der Waals surface area contributed by atoms with Gasteiger partial charge in [0.2, 0.25) is 5.91 Å². The van der Waals surface area contributed by atoms with Gasteiger partial charge in [-0.25, -0.2) is 9.78 Å². The third-order valence-electron chi connectivity index (χ3n) is 2.82. The van der Waals surface area contributed by atoms with Gasteiger partial charge < -0.3 is 20.1 Å². The second kappa shape index (κ2) is 5.63. The van der Waals surface area contributed by atoms with Crippen molar-refractivity contribution < 1.29 is 19.4 Å². The quantitative estimate of drug-likeness (QED) is 0.668. The smallest absolute Gasteiger partial charge is 0.326 e. The van der Waals surface area contributed by atoms with E-state index in [0.29, 0.717) is 18.7 Å². The lowest BCUT2D eigenvalue weighted by Gasteiger charge is -2.16. The highest BCUT2D eigenvalue weighted by Gasteiger charge is 2.28. The fraction of sp³-hybridized carbons (Fsp3) is 0.545. The van der Waals surface area contributed by atoms with E-state index in [0.717, 1.165) is 6.42 Å². The van der Waals surface area contributed by atoms with Crippen LogP contribution in [0.15, 0.2) is 12.5 Å². The molecule has 0 spiro atoms. The van der Waals surface area contributed by atoms with Gasteiger partial charge in [-0.1, -0.05) is 0 Å². The van der Waals surface area contributed by atoms with E-state index in [1.54, 1.807) is 0 Å². The fourth-order valence-corrected chi connectivity index (χ4v) is 1.87. The van der Waals surface area contributed by atoms with Crippen molar-refractivity contribution in [1.82, 2.24) is 15.3 Å². The van der Waals surface area contributed by atoms with Crippen LogP contribution in [0.2, 0.25) is 0 Å². The molecular weight excluding hydrogens is 238 g/mol. The monoisotopic (exact) mass is 253 g/mol. The molecule has 1 fully saturated rings. The Labute approximate surface area is 104 Å². The average molecular weight is 253 g/mol. The first-order valence-electron chi connectivity index (χ1n) is 5.79. The van der Waals surface area contributed by atoms with E-state index < -0.39 is 18.1 Å². The summed E-state index contributed by atoms with van der Waals surface area (Å²) in [5, 5.41) is 11.6. The number of H-pyrrole nitrogens is 1. The molecule has 0 aliphatic carbocycles. The summed E-state index contributed by atoms with van der Waals surface area (Å²) in [6, 6.07) is -0.970. The molecule has 1 aliphatic rings. The van der Waals surface area contributed by atoms with Crippen molar-refractivity contribution in [1.29, 1.82) is 0 Å². The van der Waals surface area contributed by atoms with E-state index in [9.17, 15) is 9.59 Å². The van der Waals surface area contributed by atoms with Crippen LogP contribution in [0.25, 0.3) is 0 Å². The van der Waals surface area contributed by atoms with Crippen molar-refractivity contribution in [2.24, 2.45) is 0 Å². The van der Waals surface area contributed by atoms with Crippen LogP contribution in [0.5, 0.6) is 0 Å². The minimum atomic E-state index is -1.07. The highest BCUT2D eigenvalue weighted by molar-refractivity contribution is 5.86. The molecule has 1 aromatic rings. The van der Waals surface area contributed by atoms with E-state index in [2.05, 4.69) is 15.3 Å². The molecule has 2 heterocycles. The fourth-order valence-electron chi connectivity index (χ4n) is 1.87. The normalized spacial score (nSPS) is 20.6. The lowest BCUT2D eigenvalue weighted by atomic mass is 10.1. The zero-order valence-electron chi connectivity index (χ0n) is 9.76. The number of carboxylic acid groups (broad SMARTS) is 1. The molecule has 1 amide bonds. The number of aromatic amines is 1. The van der Waals surface area contributed by atoms with Gasteiger partial charge in [-0.15, -0.1) is 0 Å². The number of carbonyl (C=O) groups is 2. The number of ether oxygens (including phenoxy) is 1. The Balaban J connectivity index is 1.93. The zero-order chi connectivity index (χ0) is 13.0. The lowest BCUT2D eigenvalue weighted by Crippen LogP contribution is -2.46. The third-order valence-corrected chi connectivity index (χ3v) is 2.82. The predicted octanol–water partition coefficient (Wildman–Crippen LogP) is -0.299. The van der Waals surface area contributed by atoms with Crippen LogP contribution in [-0.2, 0) is 20.7 Å². The molecule has 18 heavy (non-hydrogen) atoms. The first-order valence-corrected chi connectivity index (χ1v) is 5.79. The van der Waals surface area contributed by atoms with Crippen molar-refractivity contribution in [3.05, 3.63) is 18.2 Å². The SMILES string of the molecule is O=C(N[C@@H](Cc1cnc[nH]1)C(=O)O)C1CCCO1. The molecule has 2 atom stereocenters. The molecule has 7 nitrogen and oxygen atoms in total. The number of carboxylic acids is 1. The Kier molecular flexibility index (Phi) is 3.93. The van der Waals surface area contributed by atoms with Gasteiger partial charge >= 0.3 is 5.97 Å². The maximum Gasteiger partial charge on any atom is 0.326 e. The second-order valence-corrected chi connectivity index (χ2v) is 4.18. The predicted molar refractivity (Wildman–Crippen MR) is 60.8 cm³/mol. The average Bonchev–Trinajstić information content (AvgIpc) is 3.00. The molecular formula is C11H15N3O4. The van der Waals surface area contributed by atoms with Gasteiger partial charge in [0.15, 0.2) is 0 Å². The van der Waals surface area contributed by atoms with Crippen LogP contribution in [0.4, 0.5) is 0 Å². The Hall–Kier alpha value is -1.89. The number of hydrogen-bond donors (Lipinski definition) is 3.